The van der Waals surface area contributed by atoms with E-state index in [1.807, 2.05) is 0 Å². The third-order valence-corrected chi connectivity index (χ3v) is 2.02. The molecule has 0 spiro atoms. The lowest BCUT2D eigenvalue weighted by Crippen LogP contribution is -2.33. The van der Waals surface area contributed by atoms with Gasteiger partial charge in [0.05, 0.1) is 0 Å². The fraction of sp³-hybridized carbons (Fsp3) is 0.750. The van der Waals surface area contributed by atoms with Crippen LogP contribution >= 0.6 is 0 Å². The standard InChI is InChI=1S/C12H20O6/c1-9(13)18-12(2,3)8-17-11(16)7-5-4-6-10(14)15/h4-8H2,1-3H3,(H,14,15). The molecule has 6 heteroatoms. The summed E-state index contributed by atoms with van der Waals surface area (Å²) in [5.41, 5.74) is -0.845. The Bertz CT molecular complexity index is 308. The first-order chi connectivity index (χ1) is 8.23. The van der Waals surface area contributed by atoms with Crippen LogP contribution in [0.15, 0.2) is 0 Å². The van der Waals surface area contributed by atoms with Gasteiger partial charge in [0.2, 0.25) is 0 Å². The Morgan fingerprint density at radius 3 is 2.17 bits per heavy atom. The largest absolute Gasteiger partial charge is 0.481 e. The van der Waals surface area contributed by atoms with Gasteiger partial charge < -0.3 is 14.6 Å². The molecule has 0 aliphatic heterocycles. The lowest BCUT2D eigenvalue weighted by atomic mass is 10.1. The average Bonchev–Trinajstić information content (AvgIpc) is 2.19. The van der Waals surface area contributed by atoms with E-state index in [0.717, 1.165) is 0 Å². The fourth-order valence-corrected chi connectivity index (χ4v) is 1.29. The van der Waals surface area contributed by atoms with Gasteiger partial charge in [-0.1, -0.05) is 0 Å². The molecule has 0 saturated carbocycles. The molecule has 104 valence electrons. The highest BCUT2D eigenvalue weighted by Crippen LogP contribution is 2.11. The van der Waals surface area contributed by atoms with Gasteiger partial charge >= 0.3 is 17.9 Å². The Balaban J connectivity index is 3.76. The number of carbonyl (C=O) groups is 3. The van der Waals surface area contributed by atoms with Crippen LogP contribution in [0.3, 0.4) is 0 Å². The van der Waals surface area contributed by atoms with Crippen LogP contribution in [0.4, 0.5) is 0 Å². The Labute approximate surface area is 106 Å². The molecule has 0 bridgehead atoms. The van der Waals surface area contributed by atoms with Gasteiger partial charge in [-0.3, -0.25) is 14.4 Å². The van der Waals surface area contributed by atoms with E-state index in [4.69, 9.17) is 14.6 Å². The van der Waals surface area contributed by atoms with Crippen LogP contribution in [0.2, 0.25) is 0 Å². The Kier molecular flexibility index (Phi) is 7.00. The smallest absolute Gasteiger partial charge is 0.305 e. The third-order valence-electron chi connectivity index (χ3n) is 2.02. The maximum Gasteiger partial charge on any atom is 0.305 e. The van der Waals surface area contributed by atoms with Crippen molar-refractivity contribution in [3.8, 4) is 0 Å². The molecule has 0 aliphatic carbocycles. The highest BCUT2D eigenvalue weighted by Gasteiger charge is 2.23. The monoisotopic (exact) mass is 260 g/mol. The first kappa shape index (κ1) is 16.4. The topological polar surface area (TPSA) is 89.9 Å². The van der Waals surface area contributed by atoms with Gasteiger partial charge in [-0.25, -0.2) is 0 Å². The molecule has 0 aromatic heterocycles. The van der Waals surface area contributed by atoms with E-state index in [9.17, 15) is 14.4 Å². The number of hydrogen-bond acceptors (Lipinski definition) is 5. The number of rotatable bonds is 8. The predicted molar refractivity (Wildman–Crippen MR) is 62.9 cm³/mol. The minimum Gasteiger partial charge on any atom is -0.481 e. The maximum absolute atomic E-state index is 11.3. The third kappa shape index (κ3) is 9.62. The van der Waals surface area contributed by atoms with E-state index in [1.54, 1.807) is 13.8 Å². The predicted octanol–water partition coefficient (Wildman–Crippen LogP) is 1.52. The van der Waals surface area contributed by atoms with Crippen molar-refractivity contribution in [1.82, 2.24) is 0 Å². The van der Waals surface area contributed by atoms with Crippen LogP contribution in [0, 0.1) is 0 Å². The van der Waals surface area contributed by atoms with Gasteiger partial charge in [0.1, 0.15) is 12.2 Å². The number of esters is 2. The Hall–Kier alpha value is -1.59. The van der Waals surface area contributed by atoms with Crippen molar-refractivity contribution in [1.29, 1.82) is 0 Å². The molecule has 0 atom stereocenters. The highest BCUT2D eigenvalue weighted by atomic mass is 16.6. The van der Waals surface area contributed by atoms with Crippen molar-refractivity contribution in [2.75, 3.05) is 6.61 Å². The zero-order valence-electron chi connectivity index (χ0n) is 11.0. The summed E-state index contributed by atoms with van der Waals surface area (Å²) in [6.45, 7) is 4.57. The molecular weight excluding hydrogens is 240 g/mol. The van der Waals surface area contributed by atoms with Crippen LogP contribution in [0.5, 0.6) is 0 Å². The van der Waals surface area contributed by atoms with Crippen molar-refractivity contribution in [3.63, 3.8) is 0 Å². The molecule has 0 unspecified atom stereocenters. The maximum atomic E-state index is 11.3. The van der Waals surface area contributed by atoms with E-state index in [-0.39, 0.29) is 19.4 Å². The SMILES string of the molecule is CC(=O)OC(C)(C)COC(=O)CCCCC(=O)O. The van der Waals surface area contributed by atoms with Crippen molar-refractivity contribution >= 4 is 17.9 Å². The lowest BCUT2D eigenvalue weighted by molar-refractivity contribution is -0.166. The molecule has 6 nitrogen and oxygen atoms in total. The molecular formula is C12H20O6. The number of carboxylic acids is 1. The zero-order chi connectivity index (χ0) is 14.2. The quantitative estimate of drug-likeness (QED) is 0.525. The minimum atomic E-state index is -0.876. The summed E-state index contributed by atoms with van der Waals surface area (Å²) in [4.78, 5) is 32.3. The van der Waals surface area contributed by atoms with Crippen LogP contribution in [0.25, 0.3) is 0 Å². The first-order valence-corrected chi connectivity index (χ1v) is 5.80. The average molecular weight is 260 g/mol. The number of hydrogen-bond donors (Lipinski definition) is 1. The molecule has 0 aromatic rings. The second kappa shape index (κ2) is 7.68. The molecule has 0 saturated heterocycles. The van der Waals surface area contributed by atoms with Gasteiger partial charge in [0.25, 0.3) is 0 Å². The normalized spacial score (nSPS) is 10.8. The summed E-state index contributed by atoms with van der Waals surface area (Å²) < 4.78 is 9.90. The van der Waals surface area contributed by atoms with Gasteiger partial charge in [0, 0.05) is 19.8 Å². The molecule has 0 fully saturated rings. The Morgan fingerprint density at radius 2 is 1.67 bits per heavy atom. The molecule has 0 aromatic carbocycles. The molecule has 0 radical (unpaired) electrons. The second-order valence-electron chi connectivity index (χ2n) is 4.61. The number of ether oxygens (including phenoxy) is 2. The Morgan fingerprint density at radius 1 is 1.11 bits per heavy atom. The number of aliphatic carboxylic acids is 1. The molecule has 18 heavy (non-hydrogen) atoms. The number of carboxylic acid groups (broad SMARTS) is 1. The van der Waals surface area contributed by atoms with Crippen molar-refractivity contribution in [2.24, 2.45) is 0 Å². The van der Waals surface area contributed by atoms with Crippen molar-refractivity contribution in [3.05, 3.63) is 0 Å². The number of unbranched alkanes of at least 4 members (excludes halogenated alkanes) is 1. The van der Waals surface area contributed by atoms with Crippen LogP contribution in [0.1, 0.15) is 46.5 Å². The summed E-state index contributed by atoms with van der Waals surface area (Å²) >= 11 is 0. The summed E-state index contributed by atoms with van der Waals surface area (Å²) in [5.74, 6) is -1.72. The zero-order valence-corrected chi connectivity index (χ0v) is 11.0. The van der Waals surface area contributed by atoms with Gasteiger partial charge in [-0.05, 0) is 26.7 Å². The van der Waals surface area contributed by atoms with Crippen LogP contribution in [-0.4, -0.2) is 35.2 Å². The first-order valence-electron chi connectivity index (χ1n) is 5.80. The van der Waals surface area contributed by atoms with Crippen LogP contribution in [-0.2, 0) is 23.9 Å². The van der Waals surface area contributed by atoms with E-state index in [1.165, 1.54) is 6.92 Å². The van der Waals surface area contributed by atoms with E-state index < -0.39 is 23.5 Å². The molecule has 0 aliphatic rings. The summed E-state index contributed by atoms with van der Waals surface area (Å²) in [6.07, 6.45) is 1.13. The summed E-state index contributed by atoms with van der Waals surface area (Å²) in [6, 6.07) is 0. The molecule has 0 rings (SSSR count). The van der Waals surface area contributed by atoms with E-state index in [2.05, 4.69) is 0 Å². The second-order valence-corrected chi connectivity index (χ2v) is 4.61. The minimum absolute atomic E-state index is 0.00958. The van der Waals surface area contributed by atoms with Gasteiger partial charge in [0.15, 0.2) is 0 Å². The summed E-state index contributed by atoms with van der Waals surface area (Å²) in [5, 5.41) is 8.41. The molecule has 0 amide bonds. The highest BCUT2D eigenvalue weighted by molar-refractivity contribution is 5.70. The lowest BCUT2D eigenvalue weighted by Gasteiger charge is -2.23. The van der Waals surface area contributed by atoms with Gasteiger partial charge in [-0.2, -0.15) is 0 Å². The molecule has 0 heterocycles. The fourth-order valence-electron chi connectivity index (χ4n) is 1.29. The summed E-state index contributed by atoms with van der Waals surface area (Å²) in [7, 11) is 0. The van der Waals surface area contributed by atoms with Crippen LogP contribution < -0.4 is 0 Å². The molecule has 1 N–H and O–H groups in total. The van der Waals surface area contributed by atoms with E-state index >= 15 is 0 Å². The van der Waals surface area contributed by atoms with Crippen molar-refractivity contribution in [2.45, 2.75) is 52.1 Å². The van der Waals surface area contributed by atoms with E-state index in [0.29, 0.717) is 12.8 Å². The number of carbonyl (C=O) groups excluding carboxylic acids is 2. The van der Waals surface area contributed by atoms with Crippen molar-refractivity contribution < 1.29 is 29.0 Å². The van der Waals surface area contributed by atoms with Gasteiger partial charge in [-0.15, -0.1) is 0 Å².